The third kappa shape index (κ3) is 2.89. The third-order valence-electron chi connectivity index (χ3n) is 6.15. The summed E-state index contributed by atoms with van der Waals surface area (Å²) in [5.41, 5.74) is 4.51. The first-order valence-electron chi connectivity index (χ1n) is 10.1. The van der Waals surface area contributed by atoms with E-state index in [1.807, 2.05) is 18.2 Å². The van der Waals surface area contributed by atoms with Crippen LogP contribution < -0.4 is 5.32 Å². The highest BCUT2D eigenvalue weighted by atomic mass is 16.6. The van der Waals surface area contributed by atoms with Crippen LogP contribution in [0, 0.1) is 15.5 Å². The van der Waals surface area contributed by atoms with Gasteiger partial charge in [-0.1, -0.05) is 56.3 Å². The first-order valence-corrected chi connectivity index (χ1v) is 10.1. The van der Waals surface area contributed by atoms with Crippen LogP contribution in [0.25, 0.3) is 16.3 Å². The fourth-order valence-corrected chi connectivity index (χ4v) is 4.91. The molecule has 0 saturated carbocycles. The Bertz CT molecular complexity index is 1260. The molecule has 3 aromatic rings. The SMILES string of the molecule is CC1(C)CC(=O)C2=C(C1)c1c(ccc3ccccc13)N[C@H]2c1cccc([N+](=O)[O-])c1. The molecule has 2 aliphatic rings. The van der Waals surface area contributed by atoms with Crippen molar-refractivity contribution in [3.63, 3.8) is 0 Å². The van der Waals surface area contributed by atoms with E-state index in [-0.39, 0.29) is 16.9 Å². The number of rotatable bonds is 2. The molecule has 0 amide bonds. The van der Waals surface area contributed by atoms with Crippen LogP contribution in [-0.4, -0.2) is 10.7 Å². The van der Waals surface area contributed by atoms with Crippen LogP contribution in [0.5, 0.6) is 0 Å². The second-order valence-corrected chi connectivity index (χ2v) is 8.97. The Kier molecular flexibility index (Phi) is 4.03. The summed E-state index contributed by atoms with van der Waals surface area (Å²) in [4.78, 5) is 24.3. The Morgan fingerprint density at radius 2 is 1.83 bits per heavy atom. The zero-order valence-electron chi connectivity index (χ0n) is 16.9. The fourth-order valence-electron chi connectivity index (χ4n) is 4.91. The second kappa shape index (κ2) is 6.52. The molecule has 1 heterocycles. The molecule has 150 valence electrons. The van der Waals surface area contributed by atoms with Gasteiger partial charge in [-0.2, -0.15) is 0 Å². The average molecular weight is 398 g/mol. The van der Waals surface area contributed by atoms with Gasteiger partial charge in [0.2, 0.25) is 0 Å². The number of Topliss-reactive ketones (excluding diaryl/α,β-unsaturated/α-hetero) is 1. The fraction of sp³-hybridized carbons (Fsp3) is 0.240. The van der Waals surface area contributed by atoms with Gasteiger partial charge in [0.25, 0.3) is 5.69 Å². The zero-order valence-corrected chi connectivity index (χ0v) is 16.9. The van der Waals surface area contributed by atoms with E-state index in [0.717, 1.165) is 45.2 Å². The highest BCUT2D eigenvalue weighted by Crippen LogP contribution is 2.52. The second-order valence-electron chi connectivity index (χ2n) is 8.97. The van der Waals surface area contributed by atoms with E-state index in [0.29, 0.717) is 6.42 Å². The van der Waals surface area contributed by atoms with Crippen LogP contribution in [0.2, 0.25) is 0 Å². The summed E-state index contributed by atoms with van der Waals surface area (Å²) >= 11 is 0. The minimum atomic E-state index is -0.394. The molecule has 0 fully saturated rings. The highest BCUT2D eigenvalue weighted by Gasteiger charge is 2.41. The number of nitrogens with one attached hydrogen (secondary N) is 1. The smallest absolute Gasteiger partial charge is 0.269 e. The van der Waals surface area contributed by atoms with Crippen molar-refractivity contribution in [2.75, 3.05) is 5.32 Å². The molecule has 0 saturated heterocycles. The van der Waals surface area contributed by atoms with Crippen LogP contribution in [0.4, 0.5) is 11.4 Å². The van der Waals surface area contributed by atoms with Gasteiger partial charge in [0.05, 0.1) is 11.0 Å². The lowest BCUT2D eigenvalue weighted by molar-refractivity contribution is -0.384. The van der Waals surface area contributed by atoms with E-state index in [1.54, 1.807) is 12.1 Å². The van der Waals surface area contributed by atoms with Gasteiger partial charge in [0.1, 0.15) is 0 Å². The standard InChI is InChI=1S/C25H22N2O3/c1-25(2)13-19-22-18-9-4-3-6-15(18)10-11-20(22)26-24(23(19)21(28)14-25)16-7-5-8-17(12-16)27(29)30/h3-12,24,26H,13-14H2,1-2H3/t24-/m0/s1. The number of anilines is 1. The van der Waals surface area contributed by atoms with Crippen molar-refractivity contribution < 1.29 is 9.72 Å². The molecule has 1 aliphatic carbocycles. The molecule has 3 aromatic carbocycles. The summed E-state index contributed by atoms with van der Waals surface area (Å²) < 4.78 is 0. The van der Waals surface area contributed by atoms with E-state index in [9.17, 15) is 14.9 Å². The van der Waals surface area contributed by atoms with Gasteiger partial charge in [-0.3, -0.25) is 14.9 Å². The number of benzene rings is 3. The number of allylic oxidation sites excluding steroid dienone is 1. The molecule has 5 heteroatoms. The maximum absolute atomic E-state index is 13.4. The monoisotopic (exact) mass is 398 g/mol. The Morgan fingerprint density at radius 3 is 2.63 bits per heavy atom. The Balaban J connectivity index is 1.78. The number of hydrogen-bond acceptors (Lipinski definition) is 4. The number of ketones is 1. The molecular formula is C25H22N2O3. The van der Waals surface area contributed by atoms with Crippen LogP contribution in [0.3, 0.4) is 0 Å². The molecule has 0 bridgehead atoms. The maximum Gasteiger partial charge on any atom is 0.269 e. The molecule has 1 N–H and O–H groups in total. The summed E-state index contributed by atoms with van der Waals surface area (Å²) in [5, 5.41) is 17.1. The molecular weight excluding hydrogens is 376 g/mol. The van der Waals surface area contributed by atoms with Crippen molar-refractivity contribution in [2.24, 2.45) is 5.41 Å². The van der Waals surface area contributed by atoms with Crippen molar-refractivity contribution in [3.05, 3.63) is 87.5 Å². The first-order chi connectivity index (χ1) is 14.3. The highest BCUT2D eigenvalue weighted by molar-refractivity contribution is 6.12. The predicted molar refractivity (Wildman–Crippen MR) is 118 cm³/mol. The van der Waals surface area contributed by atoms with Gasteiger partial charge >= 0.3 is 0 Å². The Hall–Kier alpha value is -3.47. The number of nitrogens with zero attached hydrogens (tertiary/aromatic N) is 1. The number of nitro groups is 1. The number of non-ortho nitro benzene ring substituents is 1. The van der Waals surface area contributed by atoms with E-state index >= 15 is 0 Å². The van der Waals surface area contributed by atoms with E-state index in [1.165, 1.54) is 6.07 Å². The number of carbonyl (C=O) groups is 1. The van der Waals surface area contributed by atoms with E-state index < -0.39 is 11.0 Å². The minimum absolute atomic E-state index is 0.0318. The van der Waals surface area contributed by atoms with Crippen molar-refractivity contribution in [3.8, 4) is 0 Å². The normalized spacial score (nSPS) is 19.8. The van der Waals surface area contributed by atoms with Gasteiger partial charge < -0.3 is 5.32 Å². The molecule has 1 aliphatic heterocycles. The number of hydrogen-bond donors (Lipinski definition) is 1. The van der Waals surface area contributed by atoms with Crippen molar-refractivity contribution in [1.82, 2.24) is 0 Å². The van der Waals surface area contributed by atoms with E-state index in [4.69, 9.17) is 0 Å². The Morgan fingerprint density at radius 1 is 1.03 bits per heavy atom. The third-order valence-corrected chi connectivity index (χ3v) is 6.15. The largest absolute Gasteiger partial charge is 0.373 e. The zero-order chi connectivity index (χ0) is 21.0. The van der Waals surface area contributed by atoms with Crippen molar-refractivity contribution in [1.29, 1.82) is 0 Å². The molecule has 5 nitrogen and oxygen atoms in total. The molecule has 5 rings (SSSR count). The van der Waals surface area contributed by atoms with Gasteiger partial charge in [0.15, 0.2) is 5.78 Å². The molecule has 0 spiro atoms. The molecule has 30 heavy (non-hydrogen) atoms. The van der Waals surface area contributed by atoms with Crippen LogP contribution in [-0.2, 0) is 4.79 Å². The summed E-state index contributed by atoms with van der Waals surface area (Å²) in [6.45, 7) is 4.26. The topological polar surface area (TPSA) is 72.2 Å². The summed E-state index contributed by atoms with van der Waals surface area (Å²) in [7, 11) is 0. The van der Waals surface area contributed by atoms with E-state index in [2.05, 4.69) is 43.4 Å². The summed E-state index contributed by atoms with van der Waals surface area (Å²) in [5.74, 6) is 0.115. The van der Waals surface area contributed by atoms with Crippen LogP contribution in [0.15, 0.2) is 66.2 Å². The number of nitro benzene ring substituents is 1. The first kappa shape index (κ1) is 18.6. The maximum atomic E-state index is 13.4. The van der Waals surface area contributed by atoms with Crippen molar-refractivity contribution >= 4 is 33.5 Å². The summed E-state index contributed by atoms with van der Waals surface area (Å²) in [6.07, 6.45) is 1.27. The lowest BCUT2D eigenvalue weighted by Gasteiger charge is -2.40. The van der Waals surface area contributed by atoms with Gasteiger partial charge in [-0.15, -0.1) is 0 Å². The Labute approximate surface area is 174 Å². The lowest BCUT2D eigenvalue weighted by Crippen LogP contribution is -2.33. The average Bonchev–Trinajstić information content (AvgIpc) is 2.71. The van der Waals surface area contributed by atoms with Gasteiger partial charge in [-0.05, 0) is 39.8 Å². The van der Waals surface area contributed by atoms with Gasteiger partial charge in [0, 0.05) is 35.4 Å². The summed E-state index contributed by atoms with van der Waals surface area (Å²) in [6, 6.07) is 18.5. The molecule has 0 unspecified atom stereocenters. The van der Waals surface area contributed by atoms with Gasteiger partial charge in [-0.25, -0.2) is 0 Å². The number of carbonyl (C=O) groups excluding carboxylic acids is 1. The molecule has 0 aromatic heterocycles. The van der Waals surface area contributed by atoms with Crippen LogP contribution in [0.1, 0.15) is 43.9 Å². The molecule has 1 atom stereocenters. The molecule has 0 radical (unpaired) electrons. The predicted octanol–water partition coefficient (Wildman–Crippen LogP) is 6.06. The number of fused-ring (bicyclic) bond motifs is 4. The quantitative estimate of drug-likeness (QED) is 0.421. The lowest BCUT2D eigenvalue weighted by atomic mass is 9.68. The van der Waals surface area contributed by atoms with Crippen molar-refractivity contribution in [2.45, 2.75) is 32.7 Å². The van der Waals surface area contributed by atoms with Crippen LogP contribution >= 0.6 is 0 Å². The minimum Gasteiger partial charge on any atom is -0.373 e.